The van der Waals surface area contributed by atoms with Gasteiger partial charge in [0.2, 0.25) is 5.91 Å². The van der Waals surface area contributed by atoms with Crippen LogP contribution in [0.25, 0.3) is 16.2 Å². The second kappa shape index (κ2) is 9.17. The Labute approximate surface area is 192 Å². The third-order valence-electron chi connectivity index (χ3n) is 6.32. The lowest BCUT2D eigenvalue weighted by atomic mass is 9.90. The van der Waals surface area contributed by atoms with Gasteiger partial charge >= 0.3 is 0 Å². The second-order valence-corrected chi connectivity index (χ2v) is 9.26. The number of piperidine rings is 1. The summed E-state index contributed by atoms with van der Waals surface area (Å²) in [6, 6.07) is 18.6. The van der Waals surface area contributed by atoms with E-state index in [1.807, 2.05) is 35.4 Å². The van der Waals surface area contributed by atoms with Crippen molar-refractivity contribution in [1.29, 1.82) is 0 Å². The zero-order valence-electron chi connectivity index (χ0n) is 18.2. The summed E-state index contributed by atoms with van der Waals surface area (Å²) in [4.78, 5) is 20.7. The molecule has 0 atom stereocenters. The lowest BCUT2D eigenvalue weighted by Gasteiger charge is -2.32. The van der Waals surface area contributed by atoms with E-state index in [-0.39, 0.29) is 5.91 Å². The van der Waals surface area contributed by atoms with Crippen LogP contribution in [0.5, 0.6) is 5.75 Å². The van der Waals surface area contributed by atoms with E-state index < -0.39 is 0 Å². The van der Waals surface area contributed by atoms with E-state index in [1.165, 1.54) is 5.56 Å². The summed E-state index contributed by atoms with van der Waals surface area (Å²) in [6.45, 7) is 1.70. The highest BCUT2D eigenvalue weighted by Crippen LogP contribution is 2.27. The maximum absolute atomic E-state index is 13.0. The van der Waals surface area contributed by atoms with Gasteiger partial charge in [0.1, 0.15) is 5.75 Å². The molecule has 1 aliphatic rings. The molecule has 5 nitrogen and oxygen atoms in total. The summed E-state index contributed by atoms with van der Waals surface area (Å²) >= 11 is 1.58. The Morgan fingerprint density at radius 2 is 1.94 bits per heavy atom. The lowest BCUT2D eigenvalue weighted by molar-refractivity contribution is -0.131. The number of rotatable bonds is 6. The normalized spacial score (nSPS) is 14.7. The summed E-state index contributed by atoms with van der Waals surface area (Å²) < 4.78 is 7.39. The number of amides is 1. The molecule has 0 saturated carbocycles. The molecule has 0 aliphatic carbocycles. The molecular formula is C26H27N3O2S. The zero-order chi connectivity index (χ0) is 21.9. The molecule has 164 valence electrons. The molecule has 1 saturated heterocycles. The fraction of sp³-hybridized carbons (Fsp3) is 0.308. The number of imidazole rings is 1. The summed E-state index contributed by atoms with van der Waals surface area (Å²) in [6.07, 6.45) is 5.69. The van der Waals surface area contributed by atoms with E-state index >= 15 is 0 Å². The monoisotopic (exact) mass is 445 g/mol. The molecule has 1 amide bonds. The minimum atomic E-state index is 0.208. The van der Waals surface area contributed by atoms with Gasteiger partial charge in [-0.25, -0.2) is 4.98 Å². The molecule has 4 aromatic rings. The fourth-order valence-corrected chi connectivity index (χ4v) is 5.35. The van der Waals surface area contributed by atoms with Crippen molar-refractivity contribution in [3.8, 4) is 17.0 Å². The van der Waals surface area contributed by atoms with Gasteiger partial charge in [-0.05, 0) is 42.9 Å². The number of thiazole rings is 1. The average molecular weight is 446 g/mol. The first-order valence-corrected chi connectivity index (χ1v) is 12.0. The fourth-order valence-electron chi connectivity index (χ4n) is 4.48. The van der Waals surface area contributed by atoms with Gasteiger partial charge in [0.25, 0.3) is 0 Å². The topological polar surface area (TPSA) is 46.8 Å². The number of benzene rings is 2. The van der Waals surface area contributed by atoms with E-state index in [4.69, 9.17) is 9.72 Å². The summed E-state index contributed by atoms with van der Waals surface area (Å²) in [5.74, 6) is 1.68. The zero-order valence-corrected chi connectivity index (χ0v) is 19.1. The third kappa shape index (κ3) is 4.41. The van der Waals surface area contributed by atoms with Gasteiger partial charge in [-0.2, -0.15) is 0 Å². The van der Waals surface area contributed by atoms with Crippen molar-refractivity contribution in [3.05, 3.63) is 77.4 Å². The van der Waals surface area contributed by atoms with Crippen molar-refractivity contribution in [3.63, 3.8) is 0 Å². The van der Waals surface area contributed by atoms with Crippen molar-refractivity contribution >= 4 is 22.2 Å². The molecule has 0 unspecified atom stereocenters. The van der Waals surface area contributed by atoms with Crippen LogP contribution in [0.1, 0.15) is 24.1 Å². The number of aromatic nitrogens is 2. The van der Waals surface area contributed by atoms with Crippen LogP contribution < -0.4 is 4.74 Å². The molecular weight excluding hydrogens is 418 g/mol. The molecule has 3 heterocycles. The van der Waals surface area contributed by atoms with Crippen LogP contribution in [0.2, 0.25) is 0 Å². The molecule has 2 aromatic carbocycles. The van der Waals surface area contributed by atoms with Crippen molar-refractivity contribution in [1.82, 2.24) is 14.3 Å². The van der Waals surface area contributed by atoms with Crippen molar-refractivity contribution in [2.75, 3.05) is 20.2 Å². The smallest absolute Gasteiger partial charge is 0.228 e. The predicted molar refractivity (Wildman–Crippen MR) is 128 cm³/mol. The first-order valence-electron chi connectivity index (χ1n) is 11.1. The first-order chi connectivity index (χ1) is 15.7. The highest BCUT2D eigenvalue weighted by molar-refractivity contribution is 7.15. The molecule has 1 fully saturated rings. The van der Waals surface area contributed by atoms with Crippen LogP contribution in [0.15, 0.2) is 66.2 Å². The highest BCUT2D eigenvalue weighted by Gasteiger charge is 2.24. The Morgan fingerprint density at radius 3 is 2.72 bits per heavy atom. The molecule has 0 spiro atoms. The van der Waals surface area contributed by atoms with Gasteiger partial charge in [-0.15, -0.1) is 11.3 Å². The summed E-state index contributed by atoms with van der Waals surface area (Å²) in [5, 5.41) is 2.05. The lowest BCUT2D eigenvalue weighted by Crippen LogP contribution is -2.39. The van der Waals surface area contributed by atoms with Crippen LogP contribution >= 0.6 is 11.3 Å². The number of hydrogen-bond acceptors (Lipinski definition) is 4. The number of nitrogens with zero attached hydrogens (tertiary/aromatic N) is 3. The first kappa shape index (κ1) is 20.8. The number of likely N-dealkylation sites (tertiary alicyclic amines) is 1. The largest absolute Gasteiger partial charge is 0.497 e. The van der Waals surface area contributed by atoms with E-state index in [1.54, 1.807) is 18.4 Å². The Hall–Kier alpha value is -3.12. The van der Waals surface area contributed by atoms with E-state index in [2.05, 4.69) is 40.1 Å². The van der Waals surface area contributed by atoms with Crippen LogP contribution in [0.3, 0.4) is 0 Å². The Kier molecular flexibility index (Phi) is 5.95. The maximum Gasteiger partial charge on any atom is 0.228 e. The molecule has 32 heavy (non-hydrogen) atoms. The molecule has 0 bridgehead atoms. The van der Waals surface area contributed by atoms with E-state index in [0.717, 1.165) is 60.0 Å². The third-order valence-corrected chi connectivity index (χ3v) is 7.20. The van der Waals surface area contributed by atoms with Gasteiger partial charge in [-0.1, -0.05) is 42.5 Å². The van der Waals surface area contributed by atoms with Crippen LogP contribution in [0.4, 0.5) is 0 Å². The minimum Gasteiger partial charge on any atom is -0.497 e. The SMILES string of the molecule is COc1cccc(-c2cn3c(CC(=O)N4CCC(Cc5ccccc5)CC4)csc3n2)c1. The van der Waals surface area contributed by atoms with Gasteiger partial charge in [0, 0.05) is 35.9 Å². The molecule has 0 N–H and O–H groups in total. The highest BCUT2D eigenvalue weighted by atomic mass is 32.1. The Balaban J connectivity index is 1.23. The maximum atomic E-state index is 13.0. The summed E-state index contributed by atoms with van der Waals surface area (Å²) in [7, 11) is 1.67. The number of ether oxygens (including phenoxy) is 1. The molecule has 6 heteroatoms. The summed E-state index contributed by atoms with van der Waals surface area (Å²) in [5.41, 5.74) is 4.30. The average Bonchev–Trinajstić information content (AvgIpc) is 3.42. The van der Waals surface area contributed by atoms with Crippen molar-refractivity contribution in [2.45, 2.75) is 25.7 Å². The number of hydrogen-bond donors (Lipinski definition) is 0. The number of methoxy groups -OCH3 is 1. The van der Waals surface area contributed by atoms with Gasteiger partial charge in [0.05, 0.1) is 19.2 Å². The minimum absolute atomic E-state index is 0.208. The molecule has 2 aromatic heterocycles. The number of carbonyl (C=O) groups excluding carboxylic acids is 1. The standard InChI is InChI=1S/C26H27N3O2S/c1-31-23-9-5-8-21(15-23)24-17-29-22(18-32-26(29)27-24)16-25(30)28-12-10-20(11-13-28)14-19-6-3-2-4-7-19/h2-9,15,17-18,20H,10-14,16H2,1H3. The predicted octanol–water partition coefficient (Wildman–Crippen LogP) is 5.10. The second-order valence-electron chi connectivity index (χ2n) is 8.43. The van der Waals surface area contributed by atoms with Crippen molar-refractivity contribution < 1.29 is 9.53 Å². The molecule has 1 aliphatic heterocycles. The van der Waals surface area contributed by atoms with E-state index in [0.29, 0.717) is 12.3 Å². The van der Waals surface area contributed by atoms with Crippen molar-refractivity contribution in [2.24, 2.45) is 5.92 Å². The van der Waals surface area contributed by atoms with Crippen LogP contribution in [0, 0.1) is 5.92 Å². The number of carbonyl (C=O) groups is 1. The molecule has 5 rings (SSSR count). The quantitative estimate of drug-likeness (QED) is 0.415. The Morgan fingerprint density at radius 1 is 1.12 bits per heavy atom. The van der Waals surface area contributed by atoms with Gasteiger partial charge in [0.15, 0.2) is 4.96 Å². The van der Waals surface area contributed by atoms with E-state index in [9.17, 15) is 4.79 Å². The Bertz CT molecular complexity index is 1210. The van der Waals surface area contributed by atoms with Crippen LogP contribution in [-0.2, 0) is 17.6 Å². The van der Waals surface area contributed by atoms with Crippen LogP contribution in [-0.4, -0.2) is 40.4 Å². The van der Waals surface area contributed by atoms with Gasteiger partial charge in [-0.3, -0.25) is 9.20 Å². The number of fused-ring (bicyclic) bond motifs is 1. The molecule has 0 radical (unpaired) electrons. The van der Waals surface area contributed by atoms with Gasteiger partial charge < -0.3 is 9.64 Å².